The molecule has 0 saturated carbocycles. The number of anilines is 2. The third kappa shape index (κ3) is 3.63. The van der Waals surface area contributed by atoms with Gasteiger partial charge in [0.05, 0.1) is 12.3 Å². The number of hydrogen-bond donors (Lipinski definition) is 2. The minimum absolute atomic E-state index is 0.148. The molecule has 0 spiro atoms. The van der Waals surface area contributed by atoms with Crippen LogP contribution in [0.3, 0.4) is 0 Å². The molecule has 0 fully saturated rings. The Labute approximate surface area is 106 Å². The Morgan fingerprint density at radius 3 is 2.83 bits per heavy atom. The van der Waals surface area contributed by atoms with Gasteiger partial charge in [0.2, 0.25) is 11.8 Å². The van der Waals surface area contributed by atoms with Gasteiger partial charge in [-0.25, -0.2) is 0 Å². The highest BCUT2D eigenvalue weighted by atomic mass is 16.5. The molecule has 1 aromatic heterocycles. The number of nitriles is 1. The summed E-state index contributed by atoms with van der Waals surface area (Å²) in [4.78, 5) is 15.0. The fraction of sp³-hybridized carbons (Fsp3) is 0.417. The van der Waals surface area contributed by atoms with E-state index in [4.69, 9.17) is 15.7 Å². The number of ether oxygens (including phenoxy) is 1. The van der Waals surface area contributed by atoms with Gasteiger partial charge in [-0.15, -0.1) is 0 Å². The lowest BCUT2D eigenvalue weighted by Crippen LogP contribution is -2.12. The van der Waals surface area contributed by atoms with E-state index in [-0.39, 0.29) is 28.9 Å². The smallest absolute Gasteiger partial charge is 0.235 e. The Balaban J connectivity index is 3.07. The monoisotopic (exact) mass is 248 g/mol. The maximum Gasteiger partial charge on any atom is 0.235 e. The summed E-state index contributed by atoms with van der Waals surface area (Å²) in [6.07, 6.45) is 0. The molecule has 6 nitrogen and oxygen atoms in total. The van der Waals surface area contributed by atoms with Gasteiger partial charge in [-0.2, -0.15) is 10.2 Å². The average molecular weight is 248 g/mol. The van der Waals surface area contributed by atoms with E-state index in [0.717, 1.165) is 0 Å². The van der Waals surface area contributed by atoms with Crippen molar-refractivity contribution < 1.29 is 9.53 Å². The molecule has 0 atom stereocenters. The molecule has 1 heterocycles. The van der Waals surface area contributed by atoms with E-state index >= 15 is 0 Å². The fourth-order valence-electron chi connectivity index (χ4n) is 1.25. The first kappa shape index (κ1) is 13.8. The van der Waals surface area contributed by atoms with Crippen LogP contribution in [0, 0.1) is 17.2 Å². The molecule has 0 aliphatic rings. The largest absolute Gasteiger partial charge is 0.476 e. The topological polar surface area (TPSA) is 101 Å². The molecular weight excluding hydrogens is 232 g/mol. The number of hydrogen-bond acceptors (Lipinski definition) is 5. The van der Waals surface area contributed by atoms with Gasteiger partial charge in [-0.1, -0.05) is 13.8 Å². The fourth-order valence-corrected chi connectivity index (χ4v) is 1.25. The minimum Gasteiger partial charge on any atom is -0.476 e. The van der Waals surface area contributed by atoms with Crippen molar-refractivity contribution in [2.24, 2.45) is 5.92 Å². The van der Waals surface area contributed by atoms with Gasteiger partial charge in [-0.3, -0.25) is 4.79 Å². The van der Waals surface area contributed by atoms with Crippen LogP contribution < -0.4 is 15.8 Å². The number of pyridine rings is 1. The molecule has 0 aliphatic carbocycles. The van der Waals surface area contributed by atoms with E-state index in [2.05, 4.69) is 10.3 Å². The van der Waals surface area contributed by atoms with Crippen LogP contribution >= 0.6 is 0 Å². The van der Waals surface area contributed by atoms with E-state index < -0.39 is 0 Å². The van der Waals surface area contributed by atoms with E-state index in [1.807, 2.05) is 19.9 Å². The summed E-state index contributed by atoms with van der Waals surface area (Å²) in [5, 5.41) is 11.5. The highest BCUT2D eigenvalue weighted by Gasteiger charge is 2.13. The first-order chi connectivity index (χ1) is 8.43. The van der Waals surface area contributed by atoms with Crippen LogP contribution in [-0.4, -0.2) is 17.5 Å². The molecule has 1 amide bonds. The molecule has 3 N–H and O–H groups in total. The highest BCUT2D eigenvalue weighted by molar-refractivity contribution is 5.88. The standard InChI is InChI=1S/C12H16N4O2/c1-7(2)6-18-12-9(5-13)10(14)4-11(16-12)15-8(3)17/h4,7H,6H2,1-3H3,(H3,14,15,16,17). The lowest BCUT2D eigenvalue weighted by atomic mass is 10.2. The molecule has 0 aliphatic heterocycles. The normalized spacial score (nSPS) is 9.94. The Morgan fingerprint density at radius 1 is 1.67 bits per heavy atom. The number of nitrogen functional groups attached to an aromatic ring is 1. The Bertz CT molecular complexity index is 492. The van der Waals surface area contributed by atoms with Crippen molar-refractivity contribution in [2.75, 3.05) is 17.7 Å². The molecule has 18 heavy (non-hydrogen) atoms. The highest BCUT2D eigenvalue weighted by Crippen LogP contribution is 2.25. The van der Waals surface area contributed by atoms with Crippen molar-refractivity contribution in [3.05, 3.63) is 11.6 Å². The van der Waals surface area contributed by atoms with Gasteiger partial charge in [0.15, 0.2) is 0 Å². The lowest BCUT2D eigenvalue weighted by molar-refractivity contribution is -0.114. The third-order valence-electron chi connectivity index (χ3n) is 1.99. The Kier molecular flexibility index (Phi) is 4.49. The van der Waals surface area contributed by atoms with Gasteiger partial charge in [-0.05, 0) is 5.92 Å². The van der Waals surface area contributed by atoms with Crippen LogP contribution in [0.15, 0.2) is 6.07 Å². The number of nitrogens with one attached hydrogen (secondary N) is 1. The number of rotatable bonds is 4. The summed E-state index contributed by atoms with van der Waals surface area (Å²) < 4.78 is 5.43. The lowest BCUT2D eigenvalue weighted by Gasteiger charge is -2.12. The molecular formula is C12H16N4O2. The molecule has 96 valence electrons. The van der Waals surface area contributed by atoms with Gasteiger partial charge in [0.1, 0.15) is 17.5 Å². The van der Waals surface area contributed by atoms with Crippen molar-refractivity contribution in [1.82, 2.24) is 4.98 Å². The van der Waals surface area contributed by atoms with Crippen LogP contribution in [0.5, 0.6) is 5.88 Å². The number of carbonyl (C=O) groups excluding carboxylic acids is 1. The van der Waals surface area contributed by atoms with Crippen molar-refractivity contribution in [3.8, 4) is 11.9 Å². The van der Waals surface area contributed by atoms with Gasteiger partial charge in [0.25, 0.3) is 0 Å². The van der Waals surface area contributed by atoms with E-state index in [1.165, 1.54) is 13.0 Å². The minimum atomic E-state index is -0.263. The van der Waals surface area contributed by atoms with E-state index in [1.54, 1.807) is 0 Å². The number of carbonyl (C=O) groups is 1. The number of amides is 1. The van der Waals surface area contributed by atoms with Crippen LogP contribution in [0.25, 0.3) is 0 Å². The SMILES string of the molecule is CC(=O)Nc1cc(N)c(C#N)c(OCC(C)C)n1. The van der Waals surface area contributed by atoms with Crippen molar-refractivity contribution in [3.63, 3.8) is 0 Å². The molecule has 1 rings (SSSR count). The summed E-state index contributed by atoms with van der Waals surface area (Å²) in [5.74, 6) is 0.457. The molecule has 0 unspecified atom stereocenters. The second-order valence-electron chi connectivity index (χ2n) is 4.27. The average Bonchev–Trinajstić information content (AvgIpc) is 2.24. The van der Waals surface area contributed by atoms with Crippen LogP contribution in [0.4, 0.5) is 11.5 Å². The zero-order chi connectivity index (χ0) is 13.7. The Hall–Kier alpha value is -2.29. The van der Waals surface area contributed by atoms with Crippen molar-refractivity contribution in [1.29, 1.82) is 5.26 Å². The van der Waals surface area contributed by atoms with Gasteiger partial charge in [0, 0.05) is 13.0 Å². The molecule has 0 radical (unpaired) electrons. The maximum atomic E-state index is 11.0. The summed E-state index contributed by atoms with van der Waals surface area (Å²) in [6, 6.07) is 3.38. The van der Waals surface area contributed by atoms with E-state index in [9.17, 15) is 4.79 Å². The summed E-state index contributed by atoms with van der Waals surface area (Å²) in [6.45, 7) is 5.75. The molecule has 0 saturated heterocycles. The molecule has 6 heteroatoms. The van der Waals surface area contributed by atoms with Crippen LogP contribution in [0.2, 0.25) is 0 Å². The third-order valence-corrected chi connectivity index (χ3v) is 1.99. The second kappa shape index (κ2) is 5.87. The summed E-state index contributed by atoms with van der Waals surface area (Å²) >= 11 is 0. The van der Waals surface area contributed by atoms with Crippen molar-refractivity contribution in [2.45, 2.75) is 20.8 Å². The predicted molar refractivity (Wildman–Crippen MR) is 68.0 cm³/mol. The van der Waals surface area contributed by atoms with E-state index in [0.29, 0.717) is 12.5 Å². The zero-order valence-electron chi connectivity index (χ0n) is 10.7. The maximum absolute atomic E-state index is 11.0. The first-order valence-electron chi connectivity index (χ1n) is 5.55. The second-order valence-corrected chi connectivity index (χ2v) is 4.27. The predicted octanol–water partition coefficient (Wildman–Crippen LogP) is 1.53. The van der Waals surface area contributed by atoms with Gasteiger partial charge >= 0.3 is 0 Å². The number of aromatic nitrogens is 1. The summed E-state index contributed by atoms with van der Waals surface area (Å²) in [5.41, 5.74) is 6.14. The summed E-state index contributed by atoms with van der Waals surface area (Å²) in [7, 11) is 0. The number of nitrogens with zero attached hydrogens (tertiary/aromatic N) is 2. The van der Waals surface area contributed by atoms with Crippen LogP contribution in [-0.2, 0) is 4.79 Å². The first-order valence-corrected chi connectivity index (χ1v) is 5.55. The van der Waals surface area contributed by atoms with Crippen molar-refractivity contribution >= 4 is 17.4 Å². The molecule has 0 bridgehead atoms. The Morgan fingerprint density at radius 2 is 2.33 bits per heavy atom. The van der Waals surface area contributed by atoms with Gasteiger partial charge < -0.3 is 15.8 Å². The zero-order valence-corrected chi connectivity index (χ0v) is 10.7. The molecule has 1 aromatic rings. The van der Waals surface area contributed by atoms with Crippen LogP contribution in [0.1, 0.15) is 26.3 Å². The quantitative estimate of drug-likeness (QED) is 0.841. The number of nitrogens with two attached hydrogens (primary N) is 1. The molecule has 0 aromatic carbocycles.